The molecule has 6 heteroatoms. The predicted octanol–water partition coefficient (Wildman–Crippen LogP) is 3.85. The SMILES string of the molecule is COc1ccc(F)cc1C(O)c1cc(F)c(Cl)cc1F. The minimum absolute atomic E-state index is 0.00637. The fraction of sp³-hybridized carbons (Fsp3) is 0.143. The van der Waals surface area contributed by atoms with E-state index >= 15 is 0 Å². The van der Waals surface area contributed by atoms with Gasteiger partial charge in [0.2, 0.25) is 0 Å². The number of rotatable bonds is 3. The molecule has 0 fully saturated rings. The largest absolute Gasteiger partial charge is 0.496 e. The summed E-state index contributed by atoms with van der Waals surface area (Å²) in [5, 5.41) is 9.73. The van der Waals surface area contributed by atoms with Crippen LogP contribution in [0.15, 0.2) is 30.3 Å². The highest BCUT2D eigenvalue weighted by Crippen LogP contribution is 2.33. The Morgan fingerprint density at radius 2 is 1.75 bits per heavy atom. The zero-order chi connectivity index (χ0) is 14.9. The molecule has 1 unspecified atom stereocenters. The van der Waals surface area contributed by atoms with Crippen LogP contribution >= 0.6 is 11.6 Å². The quantitative estimate of drug-likeness (QED) is 0.873. The molecule has 106 valence electrons. The molecule has 2 aromatic carbocycles. The van der Waals surface area contributed by atoms with Gasteiger partial charge in [0.15, 0.2) is 0 Å². The molecule has 2 rings (SSSR count). The number of halogens is 4. The summed E-state index contributed by atoms with van der Waals surface area (Å²) in [5.41, 5.74) is -0.357. The number of methoxy groups -OCH3 is 1. The summed E-state index contributed by atoms with van der Waals surface area (Å²) in [4.78, 5) is 0. The molecule has 0 heterocycles. The first-order valence-electron chi connectivity index (χ1n) is 5.60. The van der Waals surface area contributed by atoms with Gasteiger partial charge in [-0.05, 0) is 30.3 Å². The van der Waals surface area contributed by atoms with E-state index in [1.807, 2.05) is 0 Å². The average molecular weight is 303 g/mol. The van der Waals surface area contributed by atoms with Crippen LogP contribution in [-0.4, -0.2) is 12.2 Å². The summed E-state index contributed by atoms with van der Waals surface area (Å²) in [5.74, 6) is -2.24. The number of aliphatic hydroxyl groups is 1. The lowest BCUT2D eigenvalue weighted by molar-refractivity contribution is 0.208. The van der Waals surface area contributed by atoms with E-state index in [9.17, 15) is 18.3 Å². The Bertz CT molecular complexity index is 647. The number of aliphatic hydroxyl groups excluding tert-OH is 1. The van der Waals surface area contributed by atoms with Crippen molar-refractivity contribution in [3.05, 3.63) is 63.9 Å². The van der Waals surface area contributed by atoms with E-state index in [2.05, 4.69) is 0 Å². The normalized spacial score (nSPS) is 12.3. The highest BCUT2D eigenvalue weighted by Gasteiger charge is 2.21. The van der Waals surface area contributed by atoms with Gasteiger partial charge in [0.05, 0.1) is 12.1 Å². The number of hydrogen-bond donors (Lipinski definition) is 1. The maximum atomic E-state index is 13.8. The molecule has 1 N–H and O–H groups in total. The Kier molecular flexibility index (Phi) is 4.20. The van der Waals surface area contributed by atoms with Crippen LogP contribution in [0.3, 0.4) is 0 Å². The van der Waals surface area contributed by atoms with Crippen molar-refractivity contribution < 1.29 is 23.0 Å². The van der Waals surface area contributed by atoms with E-state index in [0.717, 1.165) is 24.3 Å². The lowest BCUT2D eigenvalue weighted by atomic mass is 10.00. The molecule has 0 radical (unpaired) electrons. The first-order valence-corrected chi connectivity index (χ1v) is 5.97. The second kappa shape index (κ2) is 5.73. The monoisotopic (exact) mass is 302 g/mol. The zero-order valence-corrected chi connectivity index (χ0v) is 11.1. The number of hydrogen-bond acceptors (Lipinski definition) is 2. The maximum absolute atomic E-state index is 13.8. The van der Waals surface area contributed by atoms with Gasteiger partial charge in [0, 0.05) is 11.1 Å². The standard InChI is InChI=1S/C14H10ClF3O2/c1-20-13-3-2-7(16)4-9(13)14(19)8-5-12(18)10(15)6-11(8)17/h2-6,14,19H,1H3. The molecular weight excluding hydrogens is 293 g/mol. The van der Waals surface area contributed by atoms with Crippen molar-refractivity contribution in [2.24, 2.45) is 0 Å². The first-order chi connectivity index (χ1) is 9.43. The zero-order valence-electron chi connectivity index (χ0n) is 10.3. The van der Waals surface area contributed by atoms with E-state index in [1.54, 1.807) is 0 Å². The molecule has 0 aromatic heterocycles. The van der Waals surface area contributed by atoms with Crippen molar-refractivity contribution in [2.45, 2.75) is 6.10 Å². The summed E-state index contributed by atoms with van der Waals surface area (Å²) >= 11 is 5.44. The molecular formula is C14H10ClF3O2. The minimum Gasteiger partial charge on any atom is -0.496 e. The predicted molar refractivity (Wildman–Crippen MR) is 68.4 cm³/mol. The highest BCUT2D eigenvalue weighted by atomic mass is 35.5. The third kappa shape index (κ3) is 2.73. The number of ether oxygens (including phenoxy) is 1. The molecule has 0 saturated carbocycles. The van der Waals surface area contributed by atoms with Crippen LogP contribution in [0, 0.1) is 17.5 Å². The smallest absolute Gasteiger partial charge is 0.142 e. The minimum atomic E-state index is -1.58. The van der Waals surface area contributed by atoms with Crippen LogP contribution in [0.4, 0.5) is 13.2 Å². The van der Waals surface area contributed by atoms with Gasteiger partial charge in [0.1, 0.15) is 29.3 Å². The molecule has 1 atom stereocenters. The van der Waals surface area contributed by atoms with Crippen molar-refractivity contribution in [3.8, 4) is 5.75 Å². The van der Waals surface area contributed by atoms with Crippen LogP contribution in [0.1, 0.15) is 17.2 Å². The van der Waals surface area contributed by atoms with E-state index < -0.39 is 28.6 Å². The Morgan fingerprint density at radius 3 is 2.40 bits per heavy atom. The van der Waals surface area contributed by atoms with E-state index in [4.69, 9.17) is 16.3 Å². The second-order valence-electron chi connectivity index (χ2n) is 4.08. The Labute approximate surface area is 118 Å². The summed E-state index contributed by atoms with van der Waals surface area (Å²) in [6.45, 7) is 0. The third-order valence-electron chi connectivity index (χ3n) is 2.82. The van der Waals surface area contributed by atoms with Crippen LogP contribution in [-0.2, 0) is 0 Å². The Balaban J connectivity index is 2.54. The molecule has 0 aliphatic rings. The molecule has 0 aliphatic carbocycles. The van der Waals surface area contributed by atoms with Gasteiger partial charge in [-0.3, -0.25) is 0 Å². The van der Waals surface area contributed by atoms with Crippen LogP contribution in [0.2, 0.25) is 5.02 Å². The fourth-order valence-corrected chi connectivity index (χ4v) is 1.98. The summed E-state index contributed by atoms with van der Waals surface area (Å²) in [6, 6.07) is 4.94. The van der Waals surface area contributed by atoms with Crippen molar-refractivity contribution in [1.82, 2.24) is 0 Å². The molecule has 0 saturated heterocycles. The van der Waals surface area contributed by atoms with Gasteiger partial charge in [-0.1, -0.05) is 11.6 Å². The van der Waals surface area contributed by atoms with E-state index in [0.29, 0.717) is 0 Å². The van der Waals surface area contributed by atoms with Crippen molar-refractivity contribution >= 4 is 11.6 Å². The Hall–Kier alpha value is -1.72. The maximum Gasteiger partial charge on any atom is 0.142 e. The fourth-order valence-electron chi connectivity index (χ4n) is 1.83. The Morgan fingerprint density at radius 1 is 1.05 bits per heavy atom. The van der Waals surface area contributed by atoms with Gasteiger partial charge < -0.3 is 9.84 Å². The van der Waals surface area contributed by atoms with Gasteiger partial charge in [-0.15, -0.1) is 0 Å². The second-order valence-corrected chi connectivity index (χ2v) is 4.48. The molecule has 0 aliphatic heterocycles. The van der Waals surface area contributed by atoms with Crippen molar-refractivity contribution in [2.75, 3.05) is 7.11 Å². The van der Waals surface area contributed by atoms with Gasteiger partial charge >= 0.3 is 0 Å². The molecule has 0 spiro atoms. The van der Waals surface area contributed by atoms with Gasteiger partial charge in [0.25, 0.3) is 0 Å². The lowest BCUT2D eigenvalue weighted by Crippen LogP contribution is -2.06. The van der Waals surface area contributed by atoms with E-state index in [-0.39, 0.29) is 16.9 Å². The molecule has 0 amide bonds. The number of benzene rings is 2. The van der Waals surface area contributed by atoms with E-state index in [1.165, 1.54) is 13.2 Å². The lowest BCUT2D eigenvalue weighted by Gasteiger charge is -2.16. The van der Waals surface area contributed by atoms with Crippen LogP contribution in [0.25, 0.3) is 0 Å². The summed E-state index contributed by atoms with van der Waals surface area (Å²) in [6.07, 6.45) is -1.58. The van der Waals surface area contributed by atoms with Crippen LogP contribution < -0.4 is 4.74 Å². The van der Waals surface area contributed by atoms with Crippen molar-refractivity contribution in [3.63, 3.8) is 0 Å². The topological polar surface area (TPSA) is 29.5 Å². The molecule has 2 aromatic rings. The highest BCUT2D eigenvalue weighted by molar-refractivity contribution is 6.30. The summed E-state index contributed by atoms with van der Waals surface area (Å²) < 4.78 is 45.4. The van der Waals surface area contributed by atoms with Crippen LogP contribution in [0.5, 0.6) is 5.75 Å². The molecule has 20 heavy (non-hydrogen) atoms. The third-order valence-corrected chi connectivity index (χ3v) is 3.11. The molecule has 0 bridgehead atoms. The average Bonchev–Trinajstić information content (AvgIpc) is 2.42. The van der Waals surface area contributed by atoms with Gasteiger partial charge in [-0.2, -0.15) is 0 Å². The van der Waals surface area contributed by atoms with Crippen molar-refractivity contribution in [1.29, 1.82) is 0 Å². The molecule has 2 nitrogen and oxygen atoms in total. The first kappa shape index (κ1) is 14.7. The summed E-state index contributed by atoms with van der Waals surface area (Å²) in [7, 11) is 1.32. The van der Waals surface area contributed by atoms with Gasteiger partial charge in [-0.25, -0.2) is 13.2 Å².